The zero-order valence-corrected chi connectivity index (χ0v) is 22.3. The summed E-state index contributed by atoms with van der Waals surface area (Å²) in [6, 6.07) is 10.0. The number of nitrogen functional groups attached to an aromatic ring is 1. The van der Waals surface area contributed by atoms with Gasteiger partial charge < -0.3 is 21.2 Å². The Morgan fingerprint density at radius 3 is 1.97 bits per heavy atom. The van der Waals surface area contributed by atoms with Gasteiger partial charge in [-0.25, -0.2) is 0 Å². The number of nitrogens with zero attached hydrogens (tertiary/aromatic N) is 1. The molecule has 1 amide bonds. The van der Waals surface area contributed by atoms with Gasteiger partial charge in [0.2, 0.25) is 0 Å². The normalized spacial score (nSPS) is 11.5. The lowest BCUT2D eigenvalue weighted by molar-refractivity contribution is -0.136. The maximum absolute atomic E-state index is 13.4. The summed E-state index contributed by atoms with van der Waals surface area (Å²) in [5.74, 6) is -1.13. The van der Waals surface area contributed by atoms with Crippen molar-refractivity contribution in [1.82, 2.24) is 9.88 Å². The van der Waals surface area contributed by atoms with Gasteiger partial charge in [-0.05, 0) is 35.9 Å². The summed E-state index contributed by atoms with van der Waals surface area (Å²) >= 11 is 0. The number of ether oxygens (including phenoxy) is 1. The highest BCUT2D eigenvalue weighted by Crippen LogP contribution is 2.39. The topological polar surface area (TPSA) is 230 Å². The minimum atomic E-state index is -4.62. The standard InChI is InChI=1S/C19H18F3N5O2.2CH4O3S/c1-27(18(24)25)17(28)14-8-12-13(19(20,21)22)6-7-15(16(12)26-14)29-9-10-2-4-11(23)5-3-10;2*1-5(2,3)4/h2-8,26H,9,23H2,1H3,(H3,24,25);2*1H3,(H,2,3,4). The summed E-state index contributed by atoms with van der Waals surface area (Å²) in [4.78, 5) is 15.9. The zero-order valence-electron chi connectivity index (χ0n) is 20.6. The number of alkyl halides is 3. The van der Waals surface area contributed by atoms with Crippen molar-refractivity contribution in [1.29, 1.82) is 5.41 Å². The highest BCUT2D eigenvalue weighted by atomic mass is 32.2. The van der Waals surface area contributed by atoms with Crippen LogP contribution in [0.3, 0.4) is 0 Å². The van der Waals surface area contributed by atoms with Crippen molar-refractivity contribution >= 4 is 48.7 Å². The average Bonchev–Trinajstić information content (AvgIpc) is 3.19. The predicted octanol–water partition coefficient (Wildman–Crippen LogP) is 2.32. The maximum Gasteiger partial charge on any atom is 0.417 e. The van der Waals surface area contributed by atoms with E-state index in [1.54, 1.807) is 24.3 Å². The second kappa shape index (κ2) is 12.8. The first kappa shape index (κ1) is 33.2. The maximum atomic E-state index is 13.4. The Bertz CT molecular complexity index is 1490. The molecule has 3 rings (SSSR count). The number of carbonyl (C=O) groups is 1. The molecule has 8 N–H and O–H groups in total. The third-order valence-corrected chi connectivity index (χ3v) is 4.33. The number of hydrogen-bond donors (Lipinski definition) is 6. The van der Waals surface area contributed by atoms with E-state index in [0.29, 0.717) is 18.2 Å². The summed E-state index contributed by atoms with van der Waals surface area (Å²) in [5.41, 5.74) is 11.2. The van der Waals surface area contributed by atoms with Crippen LogP contribution in [0, 0.1) is 5.41 Å². The van der Waals surface area contributed by atoms with Crippen LogP contribution < -0.4 is 16.2 Å². The van der Waals surface area contributed by atoms with Crippen molar-refractivity contribution < 1.29 is 48.6 Å². The quantitative estimate of drug-likeness (QED) is 0.111. The van der Waals surface area contributed by atoms with Crippen molar-refractivity contribution in [3.8, 4) is 5.75 Å². The van der Waals surface area contributed by atoms with Crippen molar-refractivity contribution in [3.63, 3.8) is 0 Å². The lowest BCUT2D eigenvalue weighted by Gasteiger charge is -2.13. The molecule has 0 aliphatic carbocycles. The van der Waals surface area contributed by atoms with Gasteiger partial charge >= 0.3 is 6.18 Å². The van der Waals surface area contributed by atoms with Crippen LogP contribution in [-0.4, -0.2) is 67.3 Å². The molecular formula is C21H26F3N5O8S2. The number of hydrogen-bond acceptors (Lipinski definition) is 8. The van der Waals surface area contributed by atoms with Crippen LogP contribution in [0.5, 0.6) is 5.75 Å². The molecule has 0 unspecified atom stereocenters. The largest absolute Gasteiger partial charge is 0.487 e. The number of aromatic nitrogens is 1. The number of aromatic amines is 1. The molecule has 0 aliphatic heterocycles. The molecule has 0 aliphatic rings. The Morgan fingerprint density at radius 1 is 1.05 bits per heavy atom. The van der Waals surface area contributed by atoms with Gasteiger partial charge in [0, 0.05) is 18.1 Å². The predicted molar refractivity (Wildman–Crippen MR) is 137 cm³/mol. The average molecular weight is 598 g/mol. The Kier molecular flexibility index (Phi) is 10.9. The van der Waals surface area contributed by atoms with Gasteiger partial charge in [0.1, 0.15) is 18.1 Å². The van der Waals surface area contributed by atoms with E-state index in [1.165, 1.54) is 13.1 Å². The summed E-state index contributed by atoms with van der Waals surface area (Å²) in [7, 11) is -6.08. The van der Waals surface area contributed by atoms with Crippen LogP contribution in [0.25, 0.3) is 10.9 Å². The number of nitrogens with two attached hydrogens (primary N) is 2. The molecule has 0 bridgehead atoms. The van der Waals surface area contributed by atoms with E-state index >= 15 is 0 Å². The highest BCUT2D eigenvalue weighted by molar-refractivity contribution is 7.85. The van der Waals surface area contributed by atoms with Crippen LogP contribution in [0.2, 0.25) is 0 Å². The monoisotopic (exact) mass is 597 g/mol. The summed E-state index contributed by atoms with van der Waals surface area (Å²) < 4.78 is 97.7. The fourth-order valence-electron chi connectivity index (χ4n) is 2.74. The van der Waals surface area contributed by atoms with E-state index in [2.05, 4.69) is 4.98 Å². The molecule has 2 aromatic carbocycles. The second-order valence-corrected chi connectivity index (χ2v) is 10.8. The molecule has 18 heteroatoms. The van der Waals surface area contributed by atoms with Crippen LogP contribution in [-0.2, 0) is 33.0 Å². The Morgan fingerprint density at radius 2 is 1.54 bits per heavy atom. The number of rotatable bonds is 4. The van der Waals surface area contributed by atoms with Gasteiger partial charge in [0.05, 0.1) is 23.6 Å². The van der Waals surface area contributed by atoms with Crippen LogP contribution in [0.4, 0.5) is 18.9 Å². The number of anilines is 1. The third-order valence-electron chi connectivity index (χ3n) is 4.33. The Balaban J connectivity index is 0.000000650. The fourth-order valence-corrected chi connectivity index (χ4v) is 2.74. The number of nitrogens with one attached hydrogen (secondary N) is 2. The molecule has 13 nitrogen and oxygen atoms in total. The van der Waals surface area contributed by atoms with Gasteiger partial charge in [0.15, 0.2) is 5.96 Å². The molecule has 3 aromatic rings. The smallest absolute Gasteiger partial charge is 0.417 e. The second-order valence-electron chi connectivity index (χ2n) is 7.83. The Labute approximate surface area is 221 Å². The highest BCUT2D eigenvalue weighted by Gasteiger charge is 2.34. The number of benzene rings is 2. The first-order valence-electron chi connectivity index (χ1n) is 10.2. The number of carbonyl (C=O) groups excluding carboxylic acids is 1. The minimum Gasteiger partial charge on any atom is -0.487 e. The van der Waals surface area contributed by atoms with E-state index in [9.17, 15) is 34.8 Å². The summed E-state index contributed by atoms with van der Waals surface area (Å²) in [5, 5.41) is 7.11. The van der Waals surface area contributed by atoms with Crippen LogP contribution >= 0.6 is 0 Å². The lowest BCUT2D eigenvalue weighted by Crippen LogP contribution is -2.38. The third kappa shape index (κ3) is 12.0. The molecule has 0 saturated carbocycles. The molecule has 1 heterocycles. The Hall–Kier alpha value is -3.87. The van der Waals surface area contributed by atoms with Crippen molar-refractivity contribution in [2.75, 3.05) is 25.3 Å². The summed E-state index contributed by atoms with van der Waals surface area (Å²) in [6.45, 7) is 0.0936. The molecular weight excluding hydrogens is 571 g/mol. The van der Waals surface area contributed by atoms with E-state index in [-0.39, 0.29) is 29.0 Å². The first-order valence-corrected chi connectivity index (χ1v) is 13.9. The molecule has 216 valence electrons. The van der Waals surface area contributed by atoms with Gasteiger partial charge in [-0.3, -0.25) is 24.2 Å². The number of fused-ring (bicyclic) bond motifs is 1. The van der Waals surface area contributed by atoms with Crippen molar-refractivity contribution in [3.05, 3.63) is 59.3 Å². The number of H-pyrrole nitrogens is 1. The van der Waals surface area contributed by atoms with E-state index in [4.69, 9.17) is 30.7 Å². The minimum absolute atomic E-state index is 0.0237. The number of halogens is 3. The van der Waals surface area contributed by atoms with Gasteiger partial charge in [-0.15, -0.1) is 0 Å². The number of guanidine groups is 1. The molecule has 0 atom stereocenters. The van der Waals surface area contributed by atoms with Gasteiger partial charge in [-0.2, -0.15) is 30.0 Å². The molecule has 1 aromatic heterocycles. The molecule has 0 radical (unpaired) electrons. The van der Waals surface area contributed by atoms with Crippen molar-refractivity contribution in [2.24, 2.45) is 5.73 Å². The van der Waals surface area contributed by atoms with E-state index < -0.39 is 43.8 Å². The zero-order chi connectivity index (χ0) is 30.3. The SMILES string of the molecule is CN(C(=N)N)C(=O)c1cc2c(C(F)(F)F)ccc(OCc3ccc(N)cc3)c2[nH]1.CS(=O)(=O)O.CS(=O)(=O)O. The van der Waals surface area contributed by atoms with Gasteiger partial charge in [-0.1, -0.05) is 12.1 Å². The van der Waals surface area contributed by atoms with Gasteiger partial charge in [0.25, 0.3) is 26.1 Å². The van der Waals surface area contributed by atoms with Crippen LogP contribution in [0.1, 0.15) is 21.6 Å². The molecule has 0 fully saturated rings. The molecule has 0 saturated heterocycles. The van der Waals surface area contributed by atoms with E-state index in [1.807, 2.05) is 0 Å². The molecule has 39 heavy (non-hydrogen) atoms. The number of amides is 1. The van der Waals surface area contributed by atoms with Crippen LogP contribution in [0.15, 0.2) is 42.5 Å². The summed E-state index contributed by atoms with van der Waals surface area (Å²) in [6.07, 6.45) is -3.19. The fraction of sp³-hybridized carbons (Fsp3) is 0.238. The lowest BCUT2D eigenvalue weighted by atomic mass is 10.1. The first-order chi connectivity index (χ1) is 17.6. The van der Waals surface area contributed by atoms with Crippen molar-refractivity contribution in [2.45, 2.75) is 12.8 Å². The molecule has 0 spiro atoms. The van der Waals surface area contributed by atoms with E-state index in [0.717, 1.165) is 22.6 Å².